The molecule has 0 bridgehead atoms. The van der Waals surface area contributed by atoms with Crippen LogP contribution in [-0.4, -0.2) is 23.3 Å². The lowest BCUT2D eigenvalue weighted by atomic mass is 9.67. The summed E-state index contributed by atoms with van der Waals surface area (Å²) in [6.07, 6.45) is 11.9. The smallest absolute Gasteiger partial charge is 0.0918 e. The van der Waals surface area contributed by atoms with Crippen molar-refractivity contribution in [2.24, 2.45) is 11.8 Å². The average molecular weight is 237 g/mol. The number of piperidine rings is 1. The number of quaternary nitrogens is 1. The van der Waals surface area contributed by atoms with Crippen LogP contribution >= 0.6 is 0 Å². The van der Waals surface area contributed by atoms with Crippen LogP contribution in [-0.2, 0) is 0 Å². The molecule has 5 atom stereocenters. The maximum atomic E-state index is 13.4. The van der Waals surface area contributed by atoms with E-state index in [4.69, 9.17) is 0 Å². The van der Waals surface area contributed by atoms with E-state index in [1.54, 1.807) is 0 Å². The minimum Gasteiger partial charge on any atom is -0.632 e. The van der Waals surface area contributed by atoms with E-state index in [2.05, 4.69) is 6.92 Å². The zero-order valence-electron chi connectivity index (χ0n) is 11.2. The van der Waals surface area contributed by atoms with E-state index in [0.717, 1.165) is 18.4 Å². The van der Waals surface area contributed by atoms with E-state index in [1.165, 1.54) is 57.8 Å². The molecule has 17 heavy (non-hydrogen) atoms. The first-order valence-electron chi connectivity index (χ1n) is 7.84. The van der Waals surface area contributed by atoms with Gasteiger partial charge in [0.25, 0.3) is 0 Å². The number of likely N-dealkylation sites (tertiary alicyclic amines) is 1. The second-order valence-electron chi connectivity index (χ2n) is 6.63. The van der Waals surface area contributed by atoms with Crippen LogP contribution in [0.2, 0.25) is 0 Å². The highest BCUT2D eigenvalue weighted by Crippen LogP contribution is 2.48. The van der Waals surface area contributed by atoms with Crippen molar-refractivity contribution in [1.29, 1.82) is 0 Å². The molecule has 3 rings (SSSR count). The Kier molecular flexibility index (Phi) is 3.20. The highest BCUT2D eigenvalue weighted by atomic mass is 16.6. The van der Waals surface area contributed by atoms with Gasteiger partial charge in [-0.1, -0.05) is 12.8 Å². The van der Waals surface area contributed by atoms with Gasteiger partial charge >= 0.3 is 0 Å². The fourth-order valence-corrected chi connectivity index (χ4v) is 5.18. The van der Waals surface area contributed by atoms with Crippen LogP contribution in [0.1, 0.15) is 64.7 Å². The van der Waals surface area contributed by atoms with Gasteiger partial charge in [0.05, 0.1) is 18.6 Å². The predicted octanol–water partition coefficient (Wildman–Crippen LogP) is 3.84. The minimum atomic E-state index is 0.190. The Morgan fingerprint density at radius 2 is 1.35 bits per heavy atom. The third-order valence-electron chi connectivity index (χ3n) is 5.96. The summed E-state index contributed by atoms with van der Waals surface area (Å²) >= 11 is 0. The second-order valence-corrected chi connectivity index (χ2v) is 6.63. The number of rotatable bonds is 1. The van der Waals surface area contributed by atoms with E-state index in [1.807, 2.05) is 0 Å². The van der Waals surface area contributed by atoms with Gasteiger partial charge in [-0.05, 0) is 39.0 Å². The van der Waals surface area contributed by atoms with E-state index < -0.39 is 0 Å². The van der Waals surface area contributed by atoms with Crippen molar-refractivity contribution in [3.63, 3.8) is 0 Å². The van der Waals surface area contributed by atoms with E-state index in [9.17, 15) is 5.21 Å². The van der Waals surface area contributed by atoms with Crippen LogP contribution in [0.25, 0.3) is 0 Å². The maximum absolute atomic E-state index is 13.4. The predicted molar refractivity (Wildman–Crippen MR) is 70.3 cm³/mol. The van der Waals surface area contributed by atoms with Crippen LogP contribution in [0.4, 0.5) is 0 Å². The molecular formula is C15H27NO. The van der Waals surface area contributed by atoms with Crippen molar-refractivity contribution in [2.75, 3.05) is 6.54 Å². The normalized spacial score (nSPS) is 50.5. The van der Waals surface area contributed by atoms with Crippen molar-refractivity contribution >= 4 is 0 Å². The van der Waals surface area contributed by atoms with Crippen molar-refractivity contribution in [1.82, 2.24) is 0 Å². The van der Waals surface area contributed by atoms with E-state index in [0.29, 0.717) is 12.1 Å². The zero-order valence-corrected chi connectivity index (χ0v) is 11.2. The van der Waals surface area contributed by atoms with Crippen molar-refractivity contribution < 1.29 is 4.65 Å². The molecule has 2 nitrogen and oxygen atoms in total. The Balaban J connectivity index is 1.88. The molecule has 0 aromatic carbocycles. The molecule has 1 aliphatic heterocycles. The van der Waals surface area contributed by atoms with Crippen molar-refractivity contribution in [3.05, 3.63) is 5.21 Å². The quantitative estimate of drug-likeness (QED) is 0.502. The topological polar surface area (TPSA) is 23.1 Å². The lowest BCUT2D eigenvalue weighted by Crippen LogP contribution is -2.66. The summed E-state index contributed by atoms with van der Waals surface area (Å²) in [5, 5.41) is 13.4. The summed E-state index contributed by atoms with van der Waals surface area (Å²) in [6, 6.07) is 0.932. The van der Waals surface area contributed by atoms with Gasteiger partial charge < -0.3 is 9.85 Å². The Morgan fingerprint density at radius 1 is 0.882 bits per heavy atom. The van der Waals surface area contributed by atoms with Crippen LogP contribution < -0.4 is 0 Å². The first kappa shape index (κ1) is 12.0. The van der Waals surface area contributed by atoms with Crippen molar-refractivity contribution in [2.45, 2.75) is 76.8 Å². The lowest BCUT2D eigenvalue weighted by Gasteiger charge is -2.63. The van der Waals surface area contributed by atoms with Gasteiger partial charge in [0.1, 0.15) is 0 Å². The molecule has 0 aromatic heterocycles. The summed E-state index contributed by atoms with van der Waals surface area (Å²) in [5.74, 6) is 1.53. The summed E-state index contributed by atoms with van der Waals surface area (Å²) in [5.41, 5.74) is 0. The average Bonchev–Trinajstić information content (AvgIpc) is 2.39. The fourth-order valence-electron chi connectivity index (χ4n) is 5.18. The van der Waals surface area contributed by atoms with Gasteiger partial charge in [0.15, 0.2) is 0 Å². The summed E-state index contributed by atoms with van der Waals surface area (Å²) in [6.45, 7) is 2.96. The standard InChI is InChI=1S/C15H27NO/c1-2-16(17)14-9-5-3-7-12(14)11-13-8-4-6-10-15(13)16/h12-15H,2-11H2,1H3/t12-,13+,14+,15-,16?. The molecule has 3 aliphatic rings. The van der Waals surface area contributed by atoms with Gasteiger partial charge in [0.2, 0.25) is 0 Å². The number of hydroxylamine groups is 3. The van der Waals surface area contributed by atoms with Gasteiger partial charge in [-0.3, -0.25) is 0 Å². The number of hydrogen-bond donors (Lipinski definition) is 0. The third kappa shape index (κ3) is 1.84. The SMILES string of the molecule is CC[N+]1([O-])[C@@H]2CCCC[C@H]2C[C@H]2CCCC[C@@H]21. The molecule has 1 heterocycles. The molecule has 2 saturated carbocycles. The highest BCUT2D eigenvalue weighted by Gasteiger charge is 2.50. The monoisotopic (exact) mass is 237 g/mol. The summed E-state index contributed by atoms with van der Waals surface area (Å²) in [4.78, 5) is 0. The fraction of sp³-hybridized carbons (Fsp3) is 1.00. The van der Waals surface area contributed by atoms with E-state index in [-0.39, 0.29) is 4.65 Å². The number of fused-ring (bicyclic) bond motifs is 2. The molecule has 0 amide bonds. The molecule has 2 heteroatoms. The Labute approximate surface area is 106 Å². The van der Waals surface area contributed by atoms with Gasteiger partial charge in [-0.25, -0.2) is 0 Å². The zero-order chi connectivity index (χ0) is 11.9. The molecule has 1 unspecified atom stereocenters. The van der Waals surface area contributed by atoms with Crippen LogP contribution in [0.3, 0.4) is 0 Å². The summed E-state index contributed by atoms with van der Waals surface area (Å²) in [7, 11) is 0. The molecular weight excluding hydrogens is 210 g/mol. The highest BCUT2D eigenvalue weighted by molar-refractivity contribution is 4.90. The summed E-state index contributed by atoms with van der Waals surface area (Å²) < 4.78 is 0.190. The van der Waals surface area contributed by atoms with Crippen LogP contribution in [0.15, 0.2) is 0 Å². The second kappa shape index (κ2) is 4.55. The first-order chi connectivity index (χ1) is 8.25. The van der Waals surface area contributed by atoms with Crippen LogP contribution in [0, 0.1) is 17.0 Å². The van der Waals surface area contributed by atoms with Crippen molar-refractivity contribution in [3.8, 4) is 0 Å². The molecule has 2 aliphatic carbocycles. The molecule has 0 radical (unpaired) electrons. The Hall–Kier alpha value is -0.0800. The van der Waals surface area contributed by atoms with E-state index >= 15 is 0 Å². The molecule has 0 spiro atoms. The first-order valence-corrected chi connectivity index (χ1v) is 7.84. The van der Waals surface area contributed by atoms with Crippen LogP contribution in [0.5, 0.6) is 0 Å². The van der Waals surface area contributed by atoms with Gasteiger partial charge in [-0.15, -0.1) is 0 Å². The maximum Gasteiger partial charge on any atom is 0.0918 e. The van der Waals surface area contributed by atoms with Gasteiger partial charge in [-0.2, -0.15) is 0 Å². The Bertz CT molecular complexity index is 256. The number of hydrogen-bond acceptors (Lipinski definition) is 1. The lowest BCUT2D eigenvalue weighted by molar-refractivity contribution is -0.943. The molecule has 98 valence electrons. The Morgan fingerprint density at radius 3 is 1.82 bits per heavy atom. The molecule has 0 aromatic rings. The minimum absolute atomic E-state index is 0.190. The molecule has 3 fully saturated rings. The third-order valence-corrected chi connectivity index (χ3v) is 5.96. The molecule has 1 saturated heterocycles. The van der Waals surface area contributed by atoms with Gasteiger partial charge in [0, 0.05) is 24.7 Å². The number of nitrogens with zero attached hydrogens (tertiary/aromatic N) is 1. The molecule has 0 N–H and O–H groups in total. The largest absolute Gasteiger partial charge is 0.632 e.